The minimum absolute atomic E-state index is 0.328. The Morgan fingerprint density at radius 1 is 1.22 bits per heavy atom. The van der Waals surface area contributed by atoms with E-state index in [-0.39, 0.29) is 5.97 Å². The molecule has 0 saturated carbocycles. The molecule has 0 aliphatic rings. The van der Waals surface area contributed by atoms with Crippen molar-refractivity contribution in [2.24, 2.45) is 0 Å². The van der Waals surface area contributed by atoms with E-state index < -0.39 is 0 Å². The smallest absolute Gasteiger partial charge is 0.339 e. The Bertz CT molecular complexity index is 438. The molecule has 0 radical (unpaired) electrons. The number of ether oxygens (including phenoxy) is 1. The fraction of sp³-hybridized carbons (Fsp3) is 0.438. The molecule has 1 aromatic rings. The first-order valence-electron chi connectivity index (χ1n) is 6.45. The van der Waals surface area contributed by atoms with Gasteiger partial charge >= 0.3 is 5.97 Å². The van der Waals surface area contributed by atoms with E-state index in [1.54, 1.807) is 6.07 Å². The molecule has 0 unspecified atom stereocenters. The van der Waals surface area contributed by atoms with Crippen molar-refractivity contribution < 1.29 is 9.53 Å². The zero-order chi connectivity index (χ0) is 13.2. The third-order valence-electron chi connectivity index (χ3n) is 2.71. The first kappa shape index (κ1) is 14.3. The molecule has 0 saturated heterocycles. The summed E-state index contributed by atoms with van der Waals surface area (Å²) in [5.74, 6) is 5.85. The monoisotopic (exact) mass is 244 g/mol. The Morgan fingerprint density at radius 3 is 2.72 bits per heavy atom. The summed E-state index contributed by atoms with van der Waals surface area (Å²) in [6.07, 6.45) is 5.74. The summed E-state index contributed by atoms with van der Waals surface area (Å²) in [4.78, 5) is 11.5. The average molecular weight is 244 g/mol. The van der Waals surface area contributed by atoms with E-state index in [0.717, 1.165) is 18.4 Å². The lowest BCUT2D eigenvalue weighted by molar-refractivity contribution is 0.0600. The first-order valence-corrected chi connectivity index (χ1v) is 6.45. The van der Waals surface area contributed by atoms with Crippen molar-refractivity contribution >= 4 is 5.97 Å². The van der Waals surface area contributed by atoms with E-state index in [4.69, 9.17) is 4.74 Å². The van der Waals surface area contributed by atoms with Crippen molar-refractivity contribution in [2.45, 2.75) is 39.0 Å². The normalized spacial score (nSPS) is 9.44. The molecule has 0 atom stereocenters. The predicted molar refractivity (Wildman–Crippen MR) is 73.4 cm³/mol. The summed E-state index contributed by atoms with van der Waals surface area (Å²) in [6, 6.07) is 7.30. The maximum absolute atomic E-state index is 11.5. The molecule has 0 bridgehead atoms. The van der Waals surface area contributed by atoms with Gasteiger partial charge in [0.05, 0.1) is 12.7 Å². The van der Waals surface area contributed by atoms with Gasteiger partial charge in [0.1, 0.15) is 0 Å². The van der Waals surface area contributed by atoms with Gasteiger partial charge in [-0.1, -0.05) is 50.2 Å². The molecule has 1 aromatic carbocycles. The van der Waals surface area contributed by atoms with Gasteiger partial charge in [-0.25, -0.2) is 4.79 Å². The first-order chi connectivity index (χ1) is 8.79. The molecule has 18 heavy (non-hydrogen) atoms. The fourth-order valence-electron chi connectivity index (χ4n) is 1.68. The summed E-state index contributed by atoms with van der Waals surface area (Å²) >= 11 is 0. The van der Waals surface area contributed by atoms with Gasteiger partial charge in [0.25, 0.3) is 0 Å². The van der Waals surface area contributed by atoms with Crippen molar-refractivity contribution in [1.82, 2.24) is 0 Å². The second kappa shape index (κ2) is 8.36. The van der Waals surface area contributed by atoms with E-state index >= 15 is 0 Å². The number of carbonyl (C=O) groups is 1. The highest BCUT2D eigenvalue weighted by Crippen LogP contribution is 2.09. The van der Waals surface area contributed by atoms with Crippen LogP contribution in [0.2, 0.25) is 0 Å². The number of hydrogen-bond donors (Lipinski definition) is 0. The van der Waals surface area contributed by atoms with Crippen LogP contribution in [-0.4, -0.2) is 13.1 Å². The van der Waals surface area contributed by atoms with Crippen molar-refractivity contribution in [2.75, 3.05) is 7.11 Å². The Hall–Kier alpha value is -1.75. The molecular formula is C16H20O2. The molecule has 0 spiro atoms. The average Bonchev–Trinajstić information content (AvgIpc) is 2.42. The topological polar surface area (TPSA) is 26.3 Å². The minimum atomic E-state index is -0.328. The zero-order valence-electron chi connectivity index (χ0n) is 11.2. The summed E-state index contributed by atoms with van der Waals surface area (Å²) < 4.78 is 4.73. The van der Waals surface area contributed by atoms with Crippen molar-refractivity contribution in [3.05, 3.63) is 35.4 Å². The van der Waals surface area contributed by atoms with Crippen LogP contribution in [0.5, 0.6) is 0 Å². The molecule has 2 heteroatoms. The molecule has 0 amide bonds. The fourth-order valence-corrected chi connectivity index (χ4v) is 1.68. The predicted octanol–water partition coefficient (Wildman–Crippen LogP) is 3.80. The highest BCUT2D eigenvalue weighted by atomic mass is 16.5. The lowest BCUT2D eigenvalue weighted by Gasteiger charge is -2.01. The van der Waals surface area contributed by atoms with Gasteiger partial charge in [-0.2, -0.15) is 0 Å². The standard InChI is InChI=1S/C16H20O2/c1-3-4-5-6-7-8-11-14-12-9-10-13-15(14)16(17)18-2/h9-10,12-13H,3-7H2,1-2H3. The van der Waals surface area contributed by atoms with E-state index in [1.807, 2.05) is 18.2 Å². The van der Waals surface area contributed by atoms with Crippen LogP contribution < -0.4 is 0 Å². The van der Waals surface area contributed by atoms with Gasteiger partial charge in [0.2, 0.25) is 0 Å². The van der Waals surface area contributed by atoms with Crippen LogP contribution in [0.25, 0.3) is 0 Å². The highest BCUT2D eigenvalue weighted by molar-refractivity contribution is 5.92. The van der Waals surface area contributed by atoms with Gasteiger partial charge in [-0.3, -0.25) is 0 Å². The van der Waals surface area contributed by atoms with Crippen LogP contribution >= 0.6 is 0 Å². The number of benzene rings is 1. The van der Waals surface area contributed by atoms with Crippen LogP contribution in [0.3, 0.4) is 0 Å². The lowest BCUT2D eigenvalue weighted by atomic mass is 10.1. The van der Waals surface area contributed by atoms with Crippen LogP contribution in [-0.2, 0) is 4.74 Å². The van der Waals surface area contributed by atoms with E-state index in [0.29, 0.717) is 5.56 Å². The van der Waals surface area contributed by atoms with Crippen LogP contribution in [0, 0.1) is 11.8 Å². The van der Waals surface area contributed by atoms with Gasteiger partial charge in [0.15, 0.2) is 0 Å². The number of carbonyl (C=O) groups excluding carboxylic acids is 1. The second-order valence-corrected chi connectivity index (χ2v) is 4.15. The molecule has 96 valence electrons. The van der Waals surface area contributed by atoms with E-state index in [2.05, 4.69) is 18.8 Å². The van der Waals surface area contributed by atoms with Crippen LogP contribution in [0.15, 0.2) is 24.3 Å². The number of unbranched alkanes of at least 4 members (excludes halogenated alkanes) is 4. The molecule has 0 aliphatic heterocycles. The Balaban J connectivity index is 2.61. The molecule has 0 fully saturated rings. The summed E-state index contributed by atoms with van der Waals surface area (Å²) in [5, 5.41) is 0. The highest BCUT2D eigenvalue weighted by Gasteiger charge is 2.08. The van der Waals surface area contributed by atoms with Gasteiger partial charge in [-0.15, -0.1) is 0 Å². The maximum atomic E-state index is 11.5. The SMILES string of the molecule is CCCCCCC#Cc1ccccc1C(=O)OC. The molecule has 0 aromatic heterocycles. The number of methoxy groups -OCH3 is 1. The quantitative estimate of drug-likeness (QED) is 0.447. The molecule has 1 rings (SSSR count). The maximum Gasteiger partial charge on any atom is 0.339 e. The number of rotatable bonds is 5. The molecule has 0 heterocycles. The Morgan fingerprint density at radius 2 is 2.00 bits per heavy atom. The third-order valence-corrected chi connectivity index (χ3v) is 2.71. The van der Waals surface area contributed by atoms with Crippen LogP contribution in [0.4, 0.5) is 0 Å². The van der Waals surface area contributed by atoms with Gasteiger partial charge in [-0.05, 0) is 18.6 Å². The summed E-state index contributed by atoms with van der Waals surface area (Å²) in [5.41, 5.74) is 1.29. The van der Waals surface area contributed by atoms with E-state index in [1.165, 1.54) is 26.4 Å². The van der Waals surface area contributed by atoms with Crippen molar-refractivity contribution in [3.63, 3.8) is 0 Å². The largest absolute Gasteiger partial charge is 0.465 e. The second-order valence-electron chi connectivity index (χ2n) is 4.15. The summed E-state index contributed by atoms with van der Waals surface area (Å²) in [7, 11) is 1.39. The van der Waals surface area contributed by atoms with Gasteiger partial charge in [0, 0.05) is 12.0 Å². The van der Waals surface area contributed by atoms with Crippen LogP contribution in [0.1, 0.15) is 54.9 Å². The van der Waals surface area contributed by atoms with Crippen molar-refractivity contribution in [1.29, 1.82) is 0 Å². The molecule has 0 N–H and O–H groups in total. The lowest BCUT2D eigenvalue weighted by Crippen LogP contribution is -2.03. The third kappa shape index (κ3) is 4.63. The Kier molecular flexibility index (Phi) is 6.64. The Labute approximate surface area is 109 Å². The molecule has 0 aliphatic carbocycles. The number of hydrogen-bond acceptors (Lipinski definition) is 2. The molecular weight excluding hydrogens is 224 g/mol. The zero-order valence-corrected chi connectivity index (χ0v) is 11.2. The van der Waals surface area contributed by atoms with E-state index in [9.17, 15) is 4.79 Å². The number of esters is 1. The minimum Gasteiger partial charge on any atom is -0.465 e. The van der Waals surface area contributed by atoms with Crippen molar-refractivity contribution in [3.8, 4) is 11.8 Å². The van der Waals surface area contributed by atoms with Gasteiger partial charge < -0.3 is 4.74 Å². The summed E-state index contributed by atoms with van der Waals surface area (Å²) in [6.45, 7) is 2.19. The molecule has 2 nitrogen and oxygen atoms in total.